The lowest BCUT2D eigenvalue weighted by Gasteiger charge is -2.36. The zero-order chi connectivity index (χ0) is 24.5. The van der Waals surface area contributed by atoms with E-state index in [9.17, 15) is 23.9 Å². The maximum Gasteiger partial charge on any atom is 0.251 e. The highest BCUT2D eigenvalue weighted by atomic mass is 19.1. The number of carbonyl (C=O) groups is 3. The predicted molar refractivity (Wildman–Crippen MR) is 126 cm³/mol. The Morgan fingerprint density at radius 1 is 1.09 bits per heavy atom. The molecule has 0 spiro atoms. The van der Waals surface area contributed by atoms with Crippen LogP contribution in [0.25, 0.3) is 0 Å². The van der Waals surface area contributed by atoms with Crippen molar-refractivity contribution in [3.8, 4) is 0 Å². The summed E-state index contributed by atoms with van der Waals surface area (Å²) >= 11 is 0. The largest absolute Gasteiger partial charge is 0.511 e. The number of nitrogens with zero attached hydrogens (tertiary/aromatic N) is 4. The molecule has 1 aromatic rings. The molecule has 2 aliphatic heterocycles. The van der Waals surface area contributed by atoms with Crippen molar-refractivity contribution in [2.24, 2.45) is 10.4 Å². The van der Waals surface area contributed by atoms with E-state index in [1.807, 2.05) is 18.7 Å². The number of Topliss-reactive ketones (excluding diaryl/α,β-unsaturated/α-hetero) is 1. The highest BCUT2D eigenvalue weighted by molar-refractivity contribution is 6.22. The first kappa shape index (κ1) is 24.2. The van der Waals surface area contributed by atoms with Crippen LogP contribution in [-0.2, 0) is 14.4 Å². The van der Waals surface area contributed by atoms with Gasteiger partial charge in [0.05, 0.1) is 30.3 Å². The van der Waals surface area contributed by atoms with E-state index in [4.69, 9.17) is 0 Å². The van der Waals surface area contributed by atoms with Crippen molar-refractivity contribution >= 4 is 29.5 Å². The van der Waals surface area contributed by atoms with Crippen molar-refractivity contribution < 1.29 is 23.9 Å². The molecule has 0 radical (unpaired) electrons. The average Bonchev–Trinajstić information content (AvgIpc) is 3.07. The van der Waals surface area contributed by atoms with Gasteiger partial charge in [-0.2, -0.15) is 0 Å². The number of allylic oxidation sites excluding steroid dienone is 2. The third-order valence-corrected chi connectivity index (χ3v) is 6.72. The van der Waals surface area contributed by atoms with Gasteiger partial charge in [-0.05, 0) is 29.7 Å². The molecule has 2 saturated heterocycles. The minimum atomic E-state index is -0.491. The van der Waals surface area contributed by atoms with Crippen molar-refractivity contribution in [3.63, 3.8) is 0 Å². The lowest BCUT2D eigenvalue weighted by Crippen LogP contribution is -2.52. The smallest absolute Gasteiger partial charge is 0.251 e. The lowest BCUT2D eigenvalue weighted by atomic mass is 9.77. The Bertz CT molecular complexity index is 1030. The normalized spacial score (nSPS) is 24.6. The number of piperazine rings is 1. The van der Waals surface area contributed by atoms with Gasteiger partial charge in [-0.3, -0.25) is 29.2 Å². The highest BCUT2D eigenvalue weighted by Gasteiger charge is 2.43. The number of hydrogen-bond acceptors (Lipinski definition) is 7. The van der Waals surface area contributed by atoms with Crippen LogP contribution in [-0.4, -0.2) is 84.0 Å². The van der Waals surface area contributed by atoms with E-state index in [0.717, 1.165) is 18.0 Å². The van der Waals surface area contributed by atoms with Crippen molar-refractivity contribution in [2.45, 2.75) is 39.2 Å². The predicted octanol–water partition coefficient (Wildman–Crippen LogP) is 2.35. The number of aliphatic hydroxyl groups is 1. The van der Waals surface area contributed by atoms with E-state index in [1.165, 1.54) is 30.5 Å². The first-order chi connectivity index (χ1) is 16.1. The highest BCUT2D eigenvalue weighted by Crippen LogP contribution is 2.35. The van der Waals surface area contributed by atoms with Gasteiger partial charge >= 0.3 is 0 Å². The second-order valence-corrected chi connectivity index (χ2v) is 9.98. The molecule has 9 heteroatoms. The topological polar surface area (TPSA) is 93.5 Å². The Hall–Kier alpha value is -2.91. The van der Waals surface area contributed by atoms with Gasteiger partial charge in [0.25, 0.3) is 5.91 Å². The molecule has 0 saturated carbocycles. The number of benzene rings is 1. The van der Waals surface area contributed by atoms with Crippen LogP contribution in [0.5, 0.6) is 0 Å². The van der Waals surface area contributed by atoms with E-state index >= 15 is 0 Å². The Morgan fingerprint density at radius 3 is 2.41 bits per heavy atom. The van der Waals surface area contributed by atoms with Gasteiger partial charge in [0.15, 0.2) is 5.78 Å². The van der Waals surface area contributed by atoms with Crippen LogP contribution in [0.15, 0.2) is 40.6 Å². The van der Waals surface area contributed by atoms with Gasteiger partial charge in [-0.1, -0.05) is 13.8 Å². The molecule has 1 aromatic carbocycles. The fourth-order valence-electron chi connectivity index (χ4n) is 4.86. The summed E-state index contributed by atoms with van der Waals surface area (Å²) in [6, 6.07) is 4.89. The zero-order valence-corrected chi connectivity index (χ0v) is 19.7. The van der Waals surface area contributed by atoms with Gasteiger partial charge in [0.2, 0.25) is 5.91 Å². The third kappa shape index (κ3) is 5.26. The zero-order valence-electron chi connectivity index (χ0n) is 19.7. The number of aliphatic imine (C=N–C) groups is 1. The van der Waals surface area contributed by atoms with Crippen LogP contribution >= 0.6 is 0 Å². The number of rotatable bonds is 6. The molecule has 0 bridgehead atoms. The van der Waals surface area contributed by atoms with Gasteiger partial charge in [0.1, 0.15) is 11.6 Å². The van der Waals surface area contributed by atoms with E-state index in [1.54, 1.807) is 0 Å². The summed E-state index contributed by atoms with van der Waals surface area (Å²) < 4.78 is 13.2. The second-order valence-electron chi connectivity index (χ2n) is 9.98. The van der Waals surface area contributed by atoms with Gasteiger partial charge in [0, 0.05) is 51.8 Å². The molecule has 0 aromatic heterocycles. The second kappa shape index (κ2) is 9.76. The van der Waals surface area contributed by atoms with Crippen LogP contribution < -0.4 is 4.90 Å². The Kier molecular flexibility index (Phi) is 6.95. The Balaban J connectivity index is 1.26. The summed E-state index contributed by atoms with van der Waals surface area (Å²) in [6.07, 6.45) is 2.50. The van der Waals surface area contributed by atoms with E-state index in [-0.39, 0.29) is 35.2 Å². The molecule has 0 unspecified atom stereocenters. The average molecular weight is 471 g/mol. The first-order valence-corrected chi connectivity index (χ1v) is 11.7. The number of hydrogen-bond donors (Lipinski definition) is 1. The molecule has 34 heavy (non-hydrogen) atoms. The summed E-state index contributed by atoms with van der Waals surface area (Å²) in [5.74, 6) is -0.900. The monoisotopic (exact) mass is 470 g/mol. The van der Waals surface area contributed by atoms with Gasteiger partial charge < -0.3 is 5.11 Å². The molecule has 3 aliphatic rings. The summed E-state index contributed by atoms with van der Waals surface area (Å²) in [4.78, 5) is 47.4. The van der Waals surface area contributed by atoms with Crippen LogP contribution in [0.3, 0.4) is 0 Å². The number of amides is 2. The van der Waals surface area contributed by atoms with Crippen molar-refractivity contribution in [3.05, 3.63) is 41.4 Å². The van der Waals surface area contributed by atoms with Crippen molar-refractivity contribution in [1.29, 1.82) is 0 Å². The molecule has 1 aliphatic carbocycles. The van der Waals surface area contributed by atoms with Crippen LogP contribution in [0.4, 0.5) is 10.1 Å². The third-order valence-electron chi connectivity index (χ3n) is 6.72. The van der Waals surface area contributed by atoms with Crippen LogP contribution in [0, 0.1) is 11.2 Å². The van der Waals surface area contributed by atoms with Gasteiger partial charge in [-0.15, -0.1) is 0 Å². The number of imide groups is 1. The van der Waals surface area contributed by atoms with Crippen molar-refractivity contribution in [1.82, 2.24) is 9.80 Å². The summed E-state index contributed by atoms with van der Waals surface area (Å²) in [7, 11) is 0. The lowest BCUT2D eigenvalue weighted by molar-refractivity contribution is -0.123. The number of halogens is 1. The number of aliphatic hydroxyl groups excluding tert-OH is 1. The van der Waals surface area contributed by atoms with Crippen LogP contribution in [0.1, 0.15) is 33.1 Å². The molecule has 2 fully saturated rings. The Morgan fingerprint density at radius 2 is 1.76 bits per heavy atom. The standard InChI is InChI=1S/C25H31FN4O4/c1-25(2)14-21(31)19(22(32)15-25)16-27-7-8-28-9-11-29(12-10-28)20-13-23(33)30(24(20)34)18-5-3-17(26)4-6-18/h3-6,16,20,31H,7-15H2,1-2H3/t20-/m1/s1. The first-order valence-electron chi connectivity index (χ1n) is 11.7. The number of anilines is 1. The fraction of sp³-hybridized carbons (Fsp3) is 0.520. The molecule has 1 atom stereocenters. The van der Waals surface area contributed by atoms with Crippen LogP contribution in [0.2, 0.25) is 0 Å². The minimum Gasteiger partial charge on any atom is -0.511 e. The maximum absolute atomic E-state index is 13.2. The number of ketones is 1. The SMILES string of the molecule is CC1(C)CC(=O)C(C=NCCN2CCN([C@@H]3CC(=O)N(c4ccc(F)cc4)C3=O)CC2)=C(O)C1. The van der Waals surface area contributed by atoms with Crippen molar-refractivity contribution in [2.75, 3.05) is 44.2 Å². The molecule has 2 amide bonds. The fourth-order valence-corrected chi connectivity index (χ4v) is 4.86. The summed E-state index contributed by atoms with van der Waals surface area (Å²) in [5, 5.41) is 10.2. The summed E-state index contributed by atoms with van der Waals surface area (Å²) in [5.41, 5.74) is 0.496. The summed E-state index contributed by atoms with van der Waals surface area (Å²) in [6.45, 7) is 7.93. The van der Waals surface area contributed by atoms with E-state index in [0.29, 0.717) is 50.3 Å². The molecule has 2 heterocycles. The Labute approximate surface area is 198 Å². The molecular weight excluding hydrogens is 439 g/mol. The van der Waals surface area contributed by atoms with E-state index in [2.05, 4.69) is 9.89 Å². The molecular formula is C25H31FN4O4. The number of carbonyl (C=O) groups excluding carboxylic acids is 3. The van der Waals surface area contributed by atoms with E-state index < -0.39 is 11.9 Å². The van der Waals surface area contributed by atoms with Gasteiger partial charge in [-0.25, -0.2) is 9.29 Å². The molecule has 1 N–H and O–H groups in total. The quantitative estimate of drug-likeness (QED) is 0.507. The molecule has 8 nitrogen and oxygen atoms in total. The molecule has 182 valence electrons. The minimum absolute atomic E-state index is 0.0726. The maximum atomic E-state index is 13.2. The molecule has 4 rings (SSSR count).